The number of carbonyl (C=O) groups is 1. The Bertz CT molecular complexity index is 1440. The Morgan fingerprint density at radius 3 is 2.95 bits per heavy atom. The van der Waals surface area contributed by atoms with Crippen LogP contribution in [-0.4, -0.2) is 83.0 Å². The van der Waals surface area contributed by atoms with Gasteiger partial charge in [0, 0.05) is 50.6 Å². The minimum atomic E-state index is -0.170. The van der Waals surface area contributed by atoms with Crippen LogP contribution in [-0.2, 0) is 16.2 Å². The monoisotopic (exact) mass is 505 g/mol. The maximum Gasteiger partial charge on any atom is 0.299 e. The van der Waals surface area contributed by atoms with Crippen LogP contribution in [0.1, 0.15) is 29.6 Å². The smallest absolute Gasteiger partial charge is 0.299 e. The summed E-state index contributed by atoms with van der Waals surface area (Å²) in [6.07, 6.45) is 8.69. The number of carbonyl (C=O) groups excluding carboxylic acids is 1. The Labute approximate surface area is 214 Å². The Kier molecular flexibility index (Phi) is 6.27. The number of hydrogen-bond donors (Lipinski definition) is 3. The van der Waals surface area contributed by atoms with Crippen molar-refractivity contribution in [3.05, 3.63) is 42.4 Å². The number of methoxy groups -OCH3 is 1. The van der Waals surface area contributed by atoms with Gasteiger partial charge >= 0.3 is 0 Å². The lowest BCUT2D eigenvalue weighted by Crippen LogP contribution is -2.51. The number of ether oxygens (including phenoxy) is 2. The number of H-pyrrole nitrogens is 1. The van der Waals surface area contributed by atoms with Crippen LogP contribution in [0.4, 0.5) is 5.82 Å². The number of amides is 1. The summed E-state index contributed by atoms with van der Waals surface area (Å²) < 4.78 is 15.5. The molecule has 1 aliphatic carbocycles. The average molecular weight is 506 g/mol. The second-order valence-corrected chi connectivity index (χ2v) is 9.91. The number of nitrogens with zero attached hydrogens (tertiary/aromatic N) is 5. The van der Waals surface area contributed by atoms with E-state index < -0.39 is 0 Å². The number of nitrogens with one attached hydrogen (secondary N) is 3. The normalized spacial score (nSPS) is 22.0. The zero-order valence-electron chi connectivity index (χ0n) is 21.4. The Morgan fingerprint density at radius 2 is 2.22 bits per heavy atom. The number of rotatable bonds is 8. The van der Waals surface area contributed by atoms with Crippen molar-refractivity contribution in [1.82, 2.24) is 29.9 Å². The molecule has 3 N–H and O–H groups in total. The van der Waals surface area contributed by atoms with Crippen LogP contribution < -0.4 is 15.1 Å². The summed E-state index contributed by atoms with van der Waals surface area (Å²) in [6.45, 7) is 2.40. The minimum absolute atomic E-state index is 0.0168. The third kappa shape index (κ3) is 4.32. The number of likely N-dealkylation sites (N-methyl/N-ethyl adjacent to an activating group) is 1. The minimum Gasteiger partial charge on any atom is -0.379 e. The first-order valence-electron chi connectivity index (χ1n) is 12.8. The van der Waals surface area contributed by atoms with Crippen molar-refractivity contribution >= 4 is 28.4 Å². The fourth-order valence-corrected chi connectivity index (χ4v) is 5.30. The van der Waals surface area contributed by atoms with Crippen LogP contribution in [0.5, 0.6) is 0 Å². The van der Waals surface area contributed by atoms with Crippen molar-refractivity contribution < 1.29 is 18.8 Å². The van der Waals surface area contributed by atoms with Crippen molar-refractivity contribution in [2.75, 3.05) is 39.6 Å². The molecule has 0 spiro atoms. The van der Waals surface area contributed by atoms with E-state index in [0.717, 1.165) is 60.5 Å². The maximum atomic E-state index is 13.2. The Morgan fingerprint density at radius 1 is 1.32 bits per heavy atom. The molecule has 6 rings (SSSR count). The third-order valence-corrected chi connectivity index (χ3v) is 7.57. The molecule has 37 heavy (non-hydrogen) atoms. The van der Waals surface area contributed by atoms with E-state index in [1.807, 2.05) is 36.0 Å². The second-order valence-electron chi connectivity index (χ2n) is 9.91. The molecule has 2 fully saturated rings. The second kappa shape index (κ2) is 9.73. The van der Waals surface area contributed by atoms with Gasteiger partial charge < -0.3 is 29.6 Å². The molecular formula is C26H33N8O3+. The van der Waals surface area contributed by atoms with E-state index in [1.54, 1.807) is 24.0 Å². The van der Waals surface area contributed by atoms with Gasteiger partial charge in [0.15, 0.2) is 5.69 Å². The van der Waals surface area contributed by atoms with Gasteiger partial charge in [0.2, 0.25) is 5.82 Å². The van der Waals surface area contributed by atoms with Gasteiger partial charge in [0.05, 0.1) is 30.5 Å². The van der Waals surface area contributed by atoms with Gasteiger partial charge in [-0.1, -0.05) is 4.98 Å². The van der Waals surface area contributed by atoms with Crippen LogP contribution in [0.25, 0.3) is 27.9 Å². The quantitative estimate of drug-likeness (QED) is 0.313. The molecule has 0 bridgehead atoms. The first-order valence-corrected chi connectivity index (χ1v) is 12.8. The van der Waals surface area contributed by atoms with Crippen LogP contribution in [0, 0.1) is 0 Å². The molecule has 1 amide bonds. The summed E-state index contributed by atoms with van der Waals surface area (Å²) in [4.78, 5) is 25.1. The average Bonchev–Trinajstić information content (AvgIpc) is 3.61. The number of aromatic amines is 1. The predicted octanol–water partition coefficient (Wildman–Crippen LogP) is 1.79. The predicted molar refractivity (Wildman–Crippen MR) is 138 cm³/mol. The molecule has 5 heterocycles. The summed E-state index contributed by atoms with van der Waals surface area (Å²) in [7, 11) is 5.64. The SMILES string of the molecule is CNc1cc(-c2cn(CO[C@@H]3CCN(C)C3)c3ncccc23)nc2c(C(=O)NC3CC[C@@H]3OC)c[nH][n+]12. The summed E-state index contributed by atoms with van der Waals surface area (Å²) in [6, 6.07) is 5.96. The van der Waals surface area contributed by atoms with E-state index in [2.05, 4.69) is 32.7 Å². The molecule has 4 aromatic heterocycles. The molecule has 194 valence electrons. The zero-order chi connectivity index (χ0) is 25.5. The lowest BCUT2D eigenvalue weighted by atomic mass is 9.89. The van der Waals surface area contributed by atoms with E-state index in [0.29, 0.717) is 17.9 Å². The van der Waals surface area contributed by atoms with Gasteiger partial charge in [-0.25, -0.2) is 4.98 Å². The highest BCUT2D eigenvalue weighted by molar-refractivity contribution is 6.00. The largest absolute Gasteiger partial charge is 0.379 e. The van der Waals surface area contributed by atoms with Crippen molar-refractivity contribution in [2.45, 2.75) is 44.2 Å². The van der Waals surface area contributed by atoms with Crippen molar-refractivity contribution in [3.63, 3.8) is 0 Å². The first kappa shape index (κ1) is 23.8. The topological polar surface area (TPSA) is 113 Å². The molecule has 1 aliphatic heterocycles. The van der Waals surface area contributed by atoms with E-state index in [9.17, 15) is 4.79 Å². The third-order valence-electron chi connectivity index (χ3n) is 7.57. The van der Waals surface area contributed by atoms with Gasteiger partial charge in [0.25, 0.3) is 11.6 Å². The lowest BCUT2D eigenvalue weighted by Gasteiger charge is -2.35. The molecule has 2 aliphatic rings. The van der Waals surface area contributed by atoms with Crippen LogP contribution >= 0.6 is 0 Å². The number of pyridine rings is 1. The molecule has 4 aromatic rings. The van der Waals surface area contributed by atoms with Crippen molar-refractivity contribution in [3.8, 4) is 11.3 Å². The molecule has 11 heteroatoms. The molecular weight excluding hydrogens is 472 g/mol. The van der Waals surface area contributed by atoms with Gasteiger partial charge in [-0.15, -0.1) is 4.52 Å². The standard InChI is InChI=1S/C26H32N8O3/c1-27-23-11-21(30-25-18(12-29-34(23)25)26(35)31-20-6-7-22(20)36-3)19-14-33(24-17(19)5-4-9-28-24)15-37-16-8-10-32(2)13-16/h4-5,9,11-12,14,16,20,22H,6-8,10,13,15H2,1-3H3,(H2,27,29,30,31,35)/p+1/t16-,20?,22+/m1/s1. The molecule has 3 atom stereocenters. The molecule has 1 saturated carbocycles. The van der Waals surface area contributed by atoms with E-state index in [-0.39, 0.29) is 24.2 Å². The summed E-state index contributed by atoms with van der Waals surface area (Å²) in [5.41, 5.74) is 3.54. The van der Waals surface area contributed by atoms with Crippen LogP contribution in [0.3, 0.4) is 0 Å². The summed E-state index contributed by atoms with van der Waals surface area (Å²) in [5, 5.41) is 10.5. The number of hydrogen-bond acceptors (Lipinski definition) is 7. The van der Waals surface area contributed by atoms with Gasteiger partial charge in [-0.2, -0.15) is 0 Å². The summed E-state index contributed by atoms with van der Waals surface area (Å²) in [5.74, 6) is 0.615. The van der Waals surface area contributed by atoms with Crippen molar-refractivity contribution in [1.29, 1.82) is 0 Å². The highest BCUT2D eigenvalue weighted by atomic mass is 16.5. The van der Waals surface area contributed by atoms with Crippen LogP contribution in [0.2, 0.25) is 0 Å². The van der Waals surface area contributed by atoms with E-state index in [4.69, 9.17) is 14.5 Å². The molecule has 1 unspecified atom stereocenters. The van der Waals surface area contributed by atoms with Gasteiger partial charge in [0.1, 0.15) is 17.9 Å². The fraction of sp³-hybridized carbons (Fsp3) is 0.462. The zero-order valence-corrected chi connectivity index (χ0v) is 21.4. The number of likely N-dealkylation sites (tertiary alicyclic amines) is 1. The molecule has 0 aromatic carbocycles. The Balaban J connectivity index is 1.36. The fourth-order valence-electron chi connectivity index (χ4n) is 5.30. The molecule has 1 saturated heterocycles. The van der Waals surface area contributed by atoms with Gasteiger partial charge in [-0.3, -0.25) is 9.89 Å². The van der Waals surface area contributed by atoms with E-state index in [1.165, 1.54) is 0 Å². The molecule has 0 radical (unpaired) electrons. The van der Waals surface area contributed by atoms with Gasteiger partial charge in [-0.05, 0) is 38.4 Å². The highest BCUT2D eigenvalue weighted by Crippen LogP contribution is 2.30. The number of aromatic nitrogens is 5. The van der Waals surface area contributed by atoms with Crippen LogP contribution in [0.15, 0.2) is 36.8 Å². The highest BCUT2D eigenvalue weighted by Gasteiger charge is 2.34. The van der Waals surface area contributed by atoms with E-state index >= 15 is 0 Å². The molecule has 11 nitrogen and oxygen atoms in total. The first-order chi connectivity index (χ1) is 18.1. The Hall–Kier alpha value is -3.54. The maximum absolute atomic E-state index is 13.2. The number of anilines is 1. The van der Waals surface area contributed by atoms with Crippen molar-refractivity contribution in [2.24, 2.45) is 0 Å². The lowest BCUT2D eigenvalue weighted by molar-refractivity contribution is -0.563. The summed E-state index contributed by atoms with van der Waals surface area (Å²) >= 11 is 0. The number of fused-ring (bicyclic) bond motifs is 2.